The van der Waals surface area contributed by atoms with Crippen molar-refractivity contribution in [3.8, 4) is 0 Å². The van der Waals surface area contributed by atoms with Gasteiger partial charge in [0.2, 0.25) is 5.39 Å². The molecule has 0 radical (unpaired) electrons. The van der Waals surface area contributed by atoms with Crippen molar-refractivity contribution in [2.75, 3.05) is 0 Å². The molecule has 0 heterocycles. The van der Waals surface area contributed by atoms with Crippen LogP contribution in [0.1, 0.15) is 0 Å². The lowest BCUT2D eigenvalue weighted by molar-refractivity contribution is 1.38. The van der Waals surface area contributed by atoms with Gasteiger partial charge in [-0.15, -0.1) is 0 Å². The van der Waals surface area contributed by atoms with E-state index in [1.54, 1.807) is 6.07 Å². The molecule has 0 saturated carbocycles. The first kappa shape index (κ1) is 11.0. The zero-order chi connectivity index (χ0) is 11.4. The van der Waals surface area contributed by atoms with Gasteiger partial charge in [0.1, 0.15) is 4.90 Å². The van der Waals surface area contributed by atoms with Crippen LogP contribution in [0.3, 0.4) is 0 Å². The molecule has 0 aliphatic rings. The van der Waals surface area contributed by atoms with Gasteiger partial charge in [0.15, 0.2) is 4.98 Å². The zero-order valence-corrected chi connectivity index (χ0v) is 9.87. The summed E-state index contributed by atoms with van der Waals surface area (Å²) in [5.41, 5.74) is 0.572. The number of hydrogen-bond acceptors (Lipinski definition) is 2. The maximum Gasteiger partial charge on any atom is 0.398 e. The van der Waals surface area contributed by atoms with Crippen LogP contribution >= 0.6 is 23.4 Å². The Morgan fingerprint density at radius 2 is 1.69 bits per heavy atom. The maximum absolute atomic E-state index is 8.83. The molecule has 0 spiro atoms. The summed E-state index contributed by atoms with van der Waals surface area (Å²) in [6.07, 6.45) is 0. The minimum atomic E-state index is 0.572. The first-order chi connectivity index (χ1) is 7.79. The largest absolute Gasteiger partial charge is 0.398 e. The Hall–Kier alpha value is -1.50. The van der Waals surface area contributed by atoms with E-state index >= 15 is 0 Å². The highest BCUT2D eigenvalue weighted by atomic mass is 35.5. The molecular formula is C12H8ClN2S+. The summed E-state index contributed by atoms with van der Waals surface area (Å²) >= 11 is 7.34. The van der Waals surface area contributed by atoms with Crippen molar-refractivity contribution in [3.63, 3.8) is 0 Å². The lowest BCUT2D eigenvalue weighted by atomic mass is 10.3. The van der Waals surface area contributed by atoms with Crippen LogP contribution in [0.4, 0.5) is 5.69 Å². The van der Waals surface area contributed by atoms with Gasteiger partial charge in [0.25, 0.3) is 0 Å². The van der Waals surface area contributed by atoms with Gasteiger partial charge in [-0.2, -0.15) is 0 Å². The number of benzene rings is 2. The van der Waals surface area contributed by atoms with Crippen LogP contribution < -0.4 is 0 Å². The Morgan fingerprint density at radius 1 is 1.00 bits per heavy atom. The van der Waals surface area contributed by atoms with Crippen molar-refractivity contribution in [1.29, 1.82) is 5.39 Å². The molecule has 0 N–H and O–H groups in total. The van der Waals surface area contributed by atoms with Crippen LogP contribution in [0.25, 0.3) is 4.98 Å². The number of nitrogens with zero attached hydrogens (tertiary/aromatic N) is 2. The summed E-state index contributed by atoms with van der Waals surface area (Å²) in [7, 11) is 0. The topological polar surface area (TPSA) is 28.1 Å². The standard InChI is InChI=1S/C12H8ClN2S/c13-9-5-7-10(8-6-9)16-12-4-2-1-3-11(12)15-14/h1-8H/q+1. The van der Waals surface area contributed by atoms with Gasteiger partial charge in [0.05, 0.1) is 0 Å². The highest BCUT2D eigenvalue weighted by Crippen LogP contribution is 2.35. The van der Waals surface area contributed by atoms with Crippen molar-refractivity contribution < 1.29 is 0 Å². The molecule has 0 fully saturated rings. The zero-order valence-electron chi connectivity index (χ0n) is 8.30. The van der Waals surface area contributed by atoms with Gasteiger partial charge in [-0.3, -0.25) is 0 Å². The van der Waals surface area contributed by atoms with Crippen molar-refractivity contribution in [2.24, 2.45) is 0 Å². The second-order valence-corrected chi connectivity index (χ2v) is 4.68. The molecular weight excluding hydrogens is 240 g/mol. The average molecular weight is 248 g/mol. The fourth-order valence-electron chi connectivity index (χ4n) is 1.26. The molecule has 0 aromatic heterocycles. The lowest BCUT2D eigenvalue weighted by Gasteiger charge is -1.98. The van der Waals surface area contributed by atoms with E-state index in [4.69, 9.17) is 17.0 Å². The van der Waals surface area contributed by atoms with E-state index in [-0.39, 0.29) is 0 Å². The summed E-state index contributed by atoms with van der Waals surface area (Å²) in [6, 6.07) is 15.0. The highest BCUT2D eigenvalue weighted by molar-refractivity contribution is 7.99. The molecule has 78 valence electrons. The van der Waals surface area contributed by atoms with Crippen LogP contribution in [-0.4, -0.2) is 0 Å². The quantitative estimate of drug-likeness (QED) is 0.701. The predicted molar refractivity (Wildman–Crippen MR) is 66.8 cm³/mol. The van der Waals surface area contributed by atoms with Gasteiger partial charge >= 0.3 is 5.69 Å². The van der Waals surface area contributed by atoms with Gasteiger partial charge in [-0.05, 0) is 30.3 Å². The van der Waals surface area contributed by atoms with E-state index in [2.05, 4.69) is 4.98 Å². The molecule has 0 aliphatic heterocycles. The Balaban J connectivity index is 2.27. The summed E-state index contributed by atoms with van der Waals surface area (Å²) in [5, 5.41) is 9.54. The third-order valence-corrected chi connectivity index (χ3v) is 3.34. The van der Waals surface area contributed by atoms with Crippen LogP contribution in [0, 0.1) is 5.39 Å². The van der Waals surface area contributed by atoms with Gasteiger partial charge < -0.3 is 0 Å². The fourth-order valence-corrected chi connectivity index (χ4v) is 2.27. The molecule has 4 heteroatoms. The lowest BCUT2D eigenvalue weighted by Crippen LogP contribution is -1.73. The van der Waals surface area contributed by atoms with E-state index in [1.165, 1.54) is 11.8 Å². The highest BCUT2D eigenvalue weighted by Gasteiger charge is 2.12. The first-order valence-corrected chi connectivity index (χ1v) is 5.86. The molecule has 0 atom stereocenters. The Labute approximate surface area is 103 Å². The number of hydrogen-bond donors (Lipinski definition) is 0. The second kappa shape index (κ2) is 5.02. The van der Waals surface area contributed by atoms with Crippen LogP contribution in [0.5, 0.6) is 0 Å². The van der Waals surface area contributed by atoms with Crippen LogP contribution in [0.15, 0.2) is 58.3 Å². The molecule has 0 amide bonds. The molecule has 2 aromatic rings. The number of halogens is 1. The predicted octanol–water partition coefficient (Wildman–Crippen LogP) is 4.98. The minimum absolute atomic E-state index is 0.572. The molecule has 2 nitrogen and oxygen atoms in total. The summed E-state index contributed by atoms with van der Waals surface area (Å²) < 4.78 is 0. The molecule has 2 aromatic carbocycles. The van der Waals surface area contributed by atoms with Crippen molar-refractivity contribution in [3.05, 3.63) is 58.5 Å². The second-order valence-electron chi connectivity index (χ2n) is 3.12. The molecule has 0 bridgehead atoms. The minimum Gasteiger partial charge on any atom is -0.0843 e. The van der Waals surface area contributed by atoms with E-state index < -0.39 is 0 Å². The maximum atomic E-state index is 8.83. The summed E-state index contributed by atoms with van der Waals surface area (Å²) in [5.74, 6) is 0. The molecule has 0 aliphatic carbocycles. The van der Waals surface area contributed by atoms with Gasteiger partial charge in [-0.25, -0.2) is 0 Å². The van der Waals surface area contributed by atoms with E-state index in [0.29, 0.717) is 10.7 Å². The monoisotopic (exact) mass is 247 g/mol. The Morgan fingerprint density at radius 3 is 2.38 bits per heavy atom. The van der Waals surface area contributed by atoms with E-state index in [0.717, 1.165) is 9.79 Å². The molecule has 0 unspecified atom stereocenters. The van der Waals surface area contributed by atoms with Crippen LogP contribution in [0.2, 0.25) is 5.02 Å². The van der Waals surface area contributed by atoms with E-state index in [1.807, 2.05) is 42.5 Å². The fraction of sp³-hybridized carbons (Fsp3) is 0. The third kappa shape index (κ3) is 2.54. The molecule has 2 rings (SSSR count). The molecule has 0 saturated heterocycles. The first-order valence-electron chi connectivity index (χ1n) is 4.67. The average Bonchev–Trinajstić information content (AvgIpc) is 2.33. The van der Waals surface area contributed by atoms with Crippen molar-refractivity contribution in [2.45, 2.75) is 9.79 Å². The Bertz CT molecular complexity index is 531. The smallest absolute Gasteiger partial charge is 0.0843 e. The van der Waals surface area contributed by atoms with Crippen molar-refractivity contribution >= 4 is 29.1 Å². The SMILES string of the molecule is N#[N+]c1ccccc1Sc1ccc(Cl)cc1. The molecule has 16 heavy (non-hydrogen) atoms. The number of rotatable bonds is 2. The number of diazo groups is 1. The third-order valence-electron chi connectivity index (χ3n) is 2.01. The Kier molecular flexibility index (Phi) is 3.45. The summed E-state index contributed by atoms with van der Waals surface area (Å²) in [6.45, 7) is 0. The van der Waals surface area contributed by atoms with Gasteiger partial charge in [-0.1, -0.05) is 35.5 Å². The van der Waals surface area contributed by atoms with E-state index in [9.17, 15) is 0 Å². The normalized spacial score (nSPS) is 9.75. The van der Waals surface area contributed by atoms with Gasteiger partial charge in [0, 0.05) is 16.0 Å². The van der Waals surface area contributed by atoms with Crippen LogP contribution in [-0.2, 0) is 0 Å². The van der Waals surface area contributed by atoms with Crippen molar-refractivity contribution in [1.82, 2.24) is 0 Å². The summed E-state index contributed by atoms with van der Waals surface area (Å²) in [4.78, 5) is 5.20.